The molecule has 1 unspecified atom stereocenters. The van der Waals surface area contributed by atoms with Gasteiger partial charge in [-0.25, -0.2) is 0 Å². The van der Waals surface area contributed by atoms with Crippen LogP contribution in [0.2, 0.25) is 0 Å². The lowest BCUT2D eigenvalue weighted by molar-refractivity contribution is -0.386. The van der Waals surface area contributed by atoms with Gasteiger partial charge in [0.2, 0.25) is 0 Å². The molecule has 2 fully saturated rings. The molecule has 1 aromatic rings. The van der Waals surface area contributed by atoms with Crippen molar-refractivity contribution in [3.8, 4) is 5.75 Å². The average molecular weight is 312 g/mol. The highest BCUT2D eigenvalue weighted by atomic mass is 35.5. The van der Waals surface area contributed by atoms with Gasteiger partial charge < -0.3 is 9.47 Å². The molecule has 1 saturated heterocycles. The Morgan fingerprint density at radius 2 is 2.29 bits per heavy atom. The van der Waals surface area contributed by atoms with Crippen LogP contribution < -0.4 is 4.74 Å². The molecule has 5 nitrogen and oxygen atoms in total. The molecule has 2 aliphatic rings. The van der Waals surface area contributed by atoms with Crippen LogP contribution in [0.15, 0.2) is 18.2 Å². The number of hydrogen-bond donors (Lipinski definition) is 0. The maximum absolute atomic E-state index is 11.2. The van der Waals surface area contributed by atoms with E-state index in [2.05, 4.69) is 0 Å². The molecule has 6 heteroatoms. The van der Waals surface area contributed by atoms with Crippen molar-refractivity contribution in [2.24, 2.45) is 0 Å². The van der Waals surface area contributed by atoms with Crippen molar-refractivity contribution in [2.75, 3.05) is 6.61 Å². The number of benzene rings is 1. The van der Waals surface area contributed by atoms with E-state index >= 15 is 0 Å². The smallest absolute Gasteiger partial charge is 0.311 e. The molecular formula is C15H18ClNO4. The standard InChI is InChI=1S/C15H18ClNO4/c16-10-11-2-3-14(13(8-11)17(18)19)21-12-4-7-20-15(9-12)5-1-6-15/h2-3,8,12H,1,4-7,9-10H2. The van der Waals surface area contributed by atoms with Crippen molar-refractivity contribution in [1.82, 2.24) is 0 Å². The van der Waals surface area contributed by atoms with Gasteiger partial charge in [0.1, 0.15) is 6.10 Å². The molecule has 114 valence electrons. The maximum Gasteiger partial charge on any atom is 0.311 e. The van der Waals surface area contributed by atoms with E-state index in [9.17, 15) is 10.1 Å². The molecule has 1 heterocycles. The second-order valence-corrected chi connectivity index (χ2v) is 6.08. The summed E-state index contributed by atoms with van der Waals surface area (Å²) in [5.74, 6) is 0.580. The fraction of sp³-hybridized carbons (Fsp3) is 0.600. The first kappa shape index (κ1) is 14.6. The van der Waals surface area contributed by atoms with E-state index < -0.39 is 4.92 Å². The molecule has 1 aliphatic heterocycles. The highest BCUT2D eigenvalue weighted by molar-refractivity contribution is 6.17. The average Bonchev–Trinajstić information content (AvgIpc) is 2.46. The molecular weight excluding hydrogens is 294 g/mol. The van der Waals surface area contributed by atoms with Gasteiger partial charge in [0.15, 0.2) is 5.75 Å². The van der Waals surface area contributed by atoms with Crippen molar-refractivity contribution < 1.29 is 14.4 Å². The minimum Gasteiger partial charge on any atom is -0.483 e. The van der Waals surface area contributed by atoms with E-state index in [-0.39, 0.29) is 23.3 Å². The maximum atomic E-state index is 11.2. The van der Waals surface area contributed by atoms with Crippen LogP contribution in [0.5, 0.6) is 5.75 Å². The Labute approximate surface area is 128 Å². The molecule has 21 heavy (non-hydrogen) atoms. The first-order valence-corrected chi connectivity index (χ1v) is 7.79. The number of alkyl halides is 1. The zero-order valence-corrected chi connectivity index (χ0v) is 12.5. The topological polar surface area (TPSA) is 61.6 Å². The van der Waals surface area contributed by atoms with E-state index in [1.165, 1.54) is 12.5 Å². The Hall–Kier alpha value is -1.33. The molecule has 3 rings (SSSR count). The summed E-state index contributed by atoms with van der Waals surface area (Å²) >= 11 is 5.73. The number of halogens is 1. The third kappa shape index (κ3) is 2.99. The number of nitrogens with zero attached hydrogens (tertiary/aromatic N) is 1. The summed E-state index contributed by atoms with van der Waals surface area (Å²) in [4.78, 5) is 10.8. The second kappa shape index (κ2) is 5.81. The lowest BCUT2D eigenvalue weighted by Gasteiger charge is -2.46. The lowest BCUT2D eigenvalue weighted by Crippen LogP contribution is -2.48. The van der Waals surface area contributed by atoms with Crippen LogP contribution in [0.4, 0.5) is 5.69 Å². The predicted octanol–water partition coefficient (Wildman–Crippen LogP) is 3.81. The Kier molecular flexibility index (Phi) is 4.04. The molecule has 1 spiro atoms. The van der Waals surface area contributed by atoms with Crippen LogP contribution in [0.3, 0.4) is 0 Å². The Morgan fingerprint density at radius 1 is 1.48 bits per heavy atom. The van der Waals surface area contributed by atoms with Crippen molar-refractivity contribution in [2.45, 2.75) is 49.7 Å². The summed E-state index contributed by atoms with van der Waals surface area (Å²) < 4.78 is 11.8. The molecule has 0 amide bonds. The van der Waals surface area contributed by atoms with Gasteiger partial charge in [0.25, 0.3) is 0 Å². The molecule has 1 saturated carbocycles. The fourth-order valence-corrected chi connectivity index (χ4v) is 3.24. The van der Waals surface area contributed by atoms with Crippen molar-refractivity contribution >= 4 is 17.3 Å². The summed E-state index contributed by atoms with van der Waals surface area (Å²) in [5.41, 5.74) is 0.675. The molecule has 1 aliphatic carbocycles. The summed E-state index contributed by atoms with van der Waals surface area (Å²) in [6.07, 6.45) is 4.91. The van der Waals surface area contributed by atoms with Crippen LogP contribution in [-0.2, 0) is 10.6 Å². The predicted molar refractivity (Wildman–Crippen MR) is 78.8 cm³/mol. The van der Waals surface area contributed by atoms with E-state index in [4.69, 9.17) is 21.1 Å². The van der Waals surface area contributed by atoms with Gasteiger partial charge in [-0.2, -0.15) is 0 Å². The van der Waals surface area contributed by atoms with Gasteiger partial charge in [-0.1, -0.05) is 6.07 Å². The van der Waals surface area contributed by atoms with Gasteiger partial charge in [-0.05, 0) is 30.9 Å². The van der Waals surface area contributed by atoms with Crippen LogP contribution in [0.25, 0.3) is 0 Å². The van der Waals surface area contributed by atoms with Crippen LogP contribution in [-0.4, -0.2) is 23.2 Å². The SMILES string of the molecule is O=[N+]([O-])c1cc(CCl)ccc1OC1CCOC2(CCC2)C1. The fourth-order valence-electron chi connectivity index (χ4n) is 3.07. The molecule has 0 N–H and O–H groups in total. The van der Waals surface area contributed by atoms with Crippen molar-refractivity contribution in [3.63, 3.8) is 0 Å². The third-order valence-corrected chi connectivity index (χ3v) is 4.69. The first-order valence-electron chi connectivity index (χ1n) is 7.26. The summed E-state index contributed by atoms with van der Waals surface area (Å²) in [6, 6.07) is 4.91. The van der Waals surface area contributed by atoms with Crippen molar-refractivity contribution in [3.05, 3.63) is 33.9 Å². The normalized spacial score (nSPS) is 23.6. The Morgan fingerprint density at radius 3 is 2.90 bits per heavy atom. The summed E-state index contributed by atoms with van der Waals surface area (Å²) in [6.45, 7) is 0.665. The number of rotatable bonds is 4. The number of nitro benzene ring substituents is 1. The van der Waals surface area contributed by atoms with Crippen LogP contribution >= 0.6 is 11.6 Å². The molecule has 1 atom stereocenters. The molecule has 1 aromatic carbocycles. The van der Waals surface area contributed by atoms with Gasteiger partial charge in [0.05, 0.1) is 17.1 Å². The minimum atomic E-state index is -0.413. The van der Waals surface area contributed by atoms with E-state index in [1.807, 2.05) is 0 Å². The molecule has 0 radical (unpaired) electrons. The monoisotopic (exact) mass is 311 g/mol. The number of nitro groups is 1. The van der Waals surface area contributed by atoms with Crippen molar-refractivity contribution in [1.29, 1.82) is 0 Å². The van der Waals surface area contributed by atoms with E-state index in [1.54, 1.807) is 12.1 Å². The van der Waals surface area contributed by atoms with E-state index in [0.717, 1.165) is 31.2 Å². The van der Waals surface area contributed by atoms with Crippen LogP contribution in [0, 0.1) is 10.1 Å². The highest BCUT2D eigenvalue weighted by Gasteiger charge is 2.43. The van der Waals surface area contributed by atoms with Gasteiger partial charge >= 0.3 is 5.69 Å². The second-order valence-electron chi connectivity index (χ2n) is 5.81. The summed E-state index contributed by atoms with van der Waals surface area (Å²) in [5, 5.41) is 11.2. The third-order valence-electron chi connectivity index (χ3n) is 4.38. The first-order chi connectivity index (χ1) is 10.1. The Bertz CT molecular complexity index is 544. The lowest BCUT2D eigenvalue weighted by atomic mass is 9.74. The van der Waals surface area contributed by atoms with Gasteiger partial charge in [0, 0.05) is 24.8 Å². The number of ether oxygens (including phenoxy) is 2. The highest BCUT2D eigenvalue weighted by Crippen LogP contribution is 2.43. The number of hydrogen-bond acceptors (Lipinski definition) is 4. The minimum absolute atomic E-state index is 0.0118. The van der Waals surface area contributed by atoms with E-state index in [0.29, 0.717) is 12.4 Å². The molecule has 0 bridgehead atoms. The van der Waals surface area contributed by atoms with Crippen LogP contribution in [0.1, 0.15) is 37.7 Å². The quantitative estimate of drug-likeness (QED) is 0.482. The van der Waals surface area contributed by atoms with Gasteiger partial charge in [-0.3, -0.25) is 10.1 Å². The zero-order chi connectivity index (χ0) is 14.9. The zero-order valence-electron chi connectivity index (χ0n) is 11.7. The Balaban J connectivity index is 1.76. The van der Waals surface area contributed by atoms with Gasteiger partial charge in [-0.15, -0.1) is 11.6 Å². The largest absolute Gasteiger partial charge is 0.483 e. The summed E-state index contributed by atoms with van der Waals surface area (Å²) in [7, 11) is 0. The molecule has 0 aromatic heterocycles.